The van der Waals surface area contributed by atoms with Crippen molar-refractivity contribution >= 4 is 29.3 Å². The normalized spacial score (nSPS) is 14.9. The molecule has 1 saturated heterocycles. The van der Waals surface area contributed by atoms with Gasteiger partial charge in [0.05, 0.1) is 6.54 Å². The first-order chi connectivity index (χ1) is 10.2. The minimum Gasteiger partial charge on any atom is -0.414 e. The summed E-state index contributed by atoms with van der Waals surface area (Å²) in [4.78, 5) is 13.3. The van der Waals surface area contributed by atoms with Gasteiger partial charge in [0.1, 0.15) is 0 Å². The van der Waals surface area contributed by atoms with Crippen LogP contribution in [0.3, 0.4) is 0 Å². The van der Waals surface area contributed by atoms with E-state index >= 15 is 0 Å². The molecule has 1 aromatic heterocycles. The number of halogens is 1. The Kier molecular flexibility index (Phi) is 4.45. The number of aromatic nitrogens is 2. The summed E-state index contributed by atoms with van der Waals surface area (Å²) in [7, 11) is 0. The third-order valence-corrected chi connectivity index (χ3v) is 4.32. The summed E-state index contributed by atoms with van der Waals surface area (Å²) in [6, 6.07) is 7.66. The van der Waals surface area contributed by atoms with Crippen LogP contribution in [0, 0.1) is 0 Å². The number of hydrogen-bond donors (Lipinski definition) is 0. The van der Waals surface area contributed by atoms with E-state index in [2.05, 4.69) is 10.2 Å². The van der Waals surface area contributed by atoms with E-state index in [1.165, 1.54) is 11.8 Å². The van der Waals surface area contributed by atoms with Crippen LogP contribution in [0.2, 0.25) is 5.02 Å². The number of likely N-dealkylation sites (tertiary alicyclic amines) is 1. The van der Waals surface area contributed by atoms with Gasteiger partial charge in [0.25, 0.3) is 5.22 Å². The number of carbonyl (C=O) groups excluding carboxylic acids is 1. The van der Waals surface area contributed by atoms with Crippen molar-refractivity contribution in [1.29, 1.82) is 0 Å². The molecule has 0 spiro atoms. The molecule has 0 N–H and O–H groups in total. The number of carbonyl (C=O) groups is 1. The maximum atomic E-state index is 11.5. The second kappa shape index (κ2) is 6.49. The molecule has 1 fully saturated rings. The molecule has 110 valence electrons. The van der Waals surface area contributed by atoms with E-state index in [4.69, 9.17) is 16.0 Å². The van der Waals surface area contributed by atoms with Crippen LogP contribution < -0.4 is 0 Å². The van der Waals surface area contributed by atoms with Crippen molar-refractivity contribution in [3.8, 4) is 0 Å². The summed E-state index contributed by atoms with van der Waals surface area (Å²) in [5.41, 5.74) is 1.10. The van der Waals surface area contributed by atoms with E-state index in [1.54, 1.807) is 4.90 Å². The van der Waals surface area contributed by atoms with Gasteiger partial charge in [0.2, 0.25) is 11.8 Å². The van der Waals surface area contributed by atoms with E-state index in [0.29, 0.717) is 34.9 Å². The number of rotatable bonds is 5. The van der Waals surface area contributed by atoms with Gasteiger partial charge in [0.15, 0.2) is 0 Å². The van der Waals surface area contributed by atoms with Crippen molar-refractivity contribution in [2.24, 2.45) is 0 Å². The van der Waals surface area contributed by atoms with Crippen LogP contribution in [-0.4, -0.2) is 27.5 Å². The van der Waals surface area contributed by atoms with Crippen LogP contribution in [0.5, 0.6) is 0 Å². The van der Waals surface area contributed by atoms with Crippen LogP contribution in [0.15, 0.2) is 33.9 Å². The Labute approximate surface area is 131 Å². The second-order valence-corrected chi connectivity index (χ2v) is 6.16. The van der Waals surface area contributed by atoms with Gasteiger partial charge in [0, 0.05) is 23.7 Å². The quantitative estimate of drug-likeness (QED) is 0.791. The number of amides is 1. The molecule has 2 aromatic rings. The highest BCUT2D eigenvalue weighted by atomic mass is 35.5. The SMILES string of the molecule is O=C1CCCN1Cc1nnc(SCc2cccc(Cl)c2)o1. The van der Waals surface area contributed by atoms with Crippen molar-refractivity contribution in [2.75, 3.05) is 6.54 Å². The van der Waals surface area contributed by atoms with Crippen molar-refractivity contribution in [3.63, 3.8) is 0 Å². The Morgan fingerprint density at radius 1 is 1.38 bits per heavy atom. The fourth-order valence-corrected chi connectivity index (χ4v) is 3.10. The highest BCUT2D eigenvalue weighted by Crippen LogP contribution is 2.23. The van der Waals surface area contributed by atoms with Gasteiger partial charge in [-0.15, -0.1) is 10.2 Å². The smallest absolute Gasteiger partial charge is 0.276 e. The minimum absolute atomic E-state index is 0.154. The highest BCUT2D eigenvalue weighted by Gasteiger charge is 2.22. The van der Waals surface area contributed by atoms with Crippen molar-refractivity contribution in [1.82, 2.24) is 15.1 Å². The van der Waals surface area contributed by atoms with Gasteiger partial charge in [-0.2, -0.15) is 0 Å². The van der Waals surface area contributed by atoms with Gasteiger partial charge < -0.3 is 9.32 Å². The molecule has 21 heavy (non-hydrogen) atoms. The molecule has 0 atom stereocenters. The summed E-state index contributed by atoms with van der Waals surface area (Å²) >= 11 is 7.40. The van der Waals surface area contributed by atoms with E-state index < -0.39 is 0 Å². The Hall–Kier alpha value is -1.53. The molecule has 0 radical (unpaired) electrons. The molecule has 3 rings (SSSR count). The van der Waals surface area contributed by atoms with E-state index in [1.807, 2.05) is 24.3 Å². The lowest BCUT2D eigenvalue weighted by Crippen LogP contribution is -2.23. The van der Waals surface area contributed by atoms with Gasteiger partial charge >= 0.3 is 0 Å². The lowest BCUT2D eigenvalue weighted by Gasteiger charge is -2.11. The van der Waals surface area contributed by atoms with Crippen molar-refractivity contribution in [2.45, 2.75) is 30.4 Å². The number of thioether (sulfide) groups is 1. The largest absolute Gasteiger partial charge is 0.414 e. The molecule has 1 aliphatic heterocycles. The molecule has 1 aliphatic rings. The summed E-state index contributed by atoms with van der Waals surface area (Å²) in [5, 5.41) is 9.21. The van der Waals surface area contributed by atoms with Crippen LogP contribution in [0.1, 0.15) is 24.3 Å². The lowest BCUT2D eigenvalue weighted by atomic mass is 10.2. The summed E-state index contributed by atoms with van der Waals surface area (Å²) in [6.45, 7) is 1.18. The third kappa shape index (κ3) is 3.77. The average Bonchev–Trinajstić information content (AvgIpc) is 3.07. The molecule has 7 heteroatoms. The van der Waals surface area contributed by atoms with Gasteiger partial charge in [-0.25, -0.2) is 0 Å². The molecule has 0 aliphatic carbocycles. The van der Waals surface area contributed by atoms with Gasteiger partial charge in [-0.05, 0) is 24.1 Å². The number of hydrogen-bond acceptors (Lipinski definition) is 5. The van der Waals surface area contributed by atoms with Gasteiger partial charge in [-0.1, -0.05) is 35.5 Å². The molecule has 5 nitrogen and oxygen atoms in total. The third-order valence-electron chi connectivity index (χ3n) is 3.20. The van der Waals surface area contributed by atoms with E-state index in [9.17, 15) is 4.79 Å². The molecule has 0 bridgehead atoms. The van der Waals surface area contributed by atoms with Crippen LogP contribution in [0.4, 0.5) is 0 Å². The molecule has 2 heterocycles. The predicted octanol–water partition coefficient (Wildman–Crippen LogP) is 3.14. The average molecular weight is 324 g/mol. The topological polar surface area (TPSA) is 59.2 Å². The van der Waals surface area contributed by atoms with Crippen molar-refractivity contribution < 1.29 is 9.21 Å². The fourth-order valence-electron chi connectivity index (χ4n) is 2.17. The summed E-state index contributed by atoms with van der Waals surface area (Å²) < 4.78 is 5.56. The van der Waals surface area contributed by atoms with E-state index in [-0.39, 0.29) is 5.91 Å². The first-order valence-electron chi connectivity index (χ1n) is 6.68. The maximum Gasteiger partial charge on any atom is 0.276 e. The predicted molar refractivity (Wildman–Crippen MR) is 80.0 cm³/mol. The monoisotopic (exact) mass is 323 g/mol. The molecular formula is C14H14ClN3O2S. The Bertz CT molecular complexity index is 647. The molecule has 0 unspecified atom stereocenters. The van der Waals surface area contributed by atoms with Gasteiger partial charge in [-0.3, -0.25) is 4.79 Å². The molecule has 0 saturated carbocycles. The molecule has 1 amide bonds. The zero-order valence-electron chi connectivity index (χ0n) is 11.3. The Morgan fingerprint density at radius 3 is 3.05 bits per heavy atom. The first-order valence-corrected chi connectivity index (χ1v) is 8.04. The standard InChI is InChI=1S/C14H14ClN3O2S/c15-11-4-1-3-10(7-11)9-21-14-17-16-12(20-14)8-18-6-2-5-13(18)19/h1,3-4,7H,2,5-6,8-9H2. The highest BCUT2D eigenvalue weighted by molar-refractivity contribution is 7.98. The Morgan fingerprint density at radius 2 is 2.29 bits per heavy atom. The fraction of sp³-hybridized carbons (Fsp3) is 0.357. The zero-order chi connectivity index (χ0) is 14.7. The molecular weight excluding hydrogens is 310 g/mol. The Balaban J connectivity index is 1.56. The minimum atomic E-state index is 0.154. The number of benzene rings is 1. The summed E-state index contributed by atoms with van der Waals surface area (Å²) in [5.74, 6) is 1.35. The van der Waals surface area contributed by atoms with Crippen LogP contribution >= 0.6 is 23.4 Å². The maximum absolute atomic E-state index is 11.5. The summed E-state index contributed by atoms with van der Waals surface area (Å²) in [6.07, 6.45) is 1.52. The number of nitrogens with zero attached hydrogens (tertiary/aromatic N) is 3. The lowest BCUT2D eigenvalue weighted by molar-refractivity contribution is -0.128. The second-order valence-electron chi connectivity index (χ2n) is 4.80. The van der Waals surface area contributed by atoms with E-state index in [0.717, 1.165) is 18.5 Å². The zero-order valence-corrected chi connectivity index (χ0v) is 12.9. The van der Waals surface area contributed by atoms with Crippen LogP contribution in [-0.2, 0) is 17.1 Å². The molecule has 1 aromatic carbocycles. The van der Waals surface area contributed by atoms with Crippen LogP contribution in [0.25, 0.3) is 0 Å². The first kappa shape index (κ1) is 14.4. The van der Waals surface area contributed by atoms with Crippen molar-refractivity contribution in [3.05, 3.63) is 40.7 Å².